The van der Waals surface area contributed by atoms with E-state index in [0.717, 1.165) is 24.9 Å². The summed E-state index contributed by atoms with van der Waals surface area (Å²) in [7, 11) is 0. The number of nitrogens with zero attached hydrogens (tertiary/aromatic N) is 1. The molecule has 0 aromatic heterocycles. The molecular formula is C15H21ClN2O2. The highest BCUT2D eigenvalue weighted by Crippen LogP contribution is 2.23. The number of aryl methyl sites for hydroxylation is 1. The van der Waals surface area contributed by atoms with Crippen molar-refractivity contribution in [3.63, 3.8) is 0 Å². The highest BCUT2D eigenvalue weighted by atomic mass is 35.5. The van der Waals surface area contributed by atoms with Crippen LogP contribution in [0.4, 0.5) is 0 Å². The molecule has 2 atom stereocenters. The van der Waals surface area contributed by atoms with Gasteiger partial charge in [-0.1, -0.05) is 11.6 Å². The van der Waals surface area contributed by atoms with Crippen LogP contribution in [0, 0.1) is 6.92 Å². The number of likely N-dealkylation sites (tertiary alicyclic amines) is 1. The molecule has 4 nitrogen and oxygen atoms in total. The fourth-order valence-corrected chi connectivity index (χ4v) is 2.67. The SMILES string of the molecule is Cc1cc(OC(C)C(=O)N2CCCC2CN)ccc1Cl. The molecule has 1 fully saturated rings. The van der Waals surface area contributed by atoms with Gasteiger partial charge in [0.25, 0.3) is 5.91 Å². The number of rotatable bonds is 4. The summed E-state index contributed by atoms with van der Waals surface area (Å²) in [5, 5.41) is 0.694. The third-order valence-electron chi connectivity index (χ3n) is 3.72. The van der Waals surface area contributed by atoms with E-state index in [2.05, 4.69) is 0 Å². The summed E-state index contributed by atoms with van der Waals surface area (Å²) in [5.74, 6) is 0.668. The highest BCUT2D eigenvalue weighted by Gasteiger charge is 2.31. The van der Waals surface area contributed by atoms with Crippen LogP contribution in [0.15, 0.2) is 18.2 Å². The van der Waals surface area contributed by atoms with E-state index in [4.69, 9.17) is 22.1 Å². The van der Waals surface area contributed by atoms with Crippen LogP contribution in [0.1, 0.15) is 25.3 Å². The first-order valence-electron chi connectivity index (χ1n) is 6.96. The van der Waals surface area contributed by atoms with Crippen LogP contribution in [0.2, 0.25) is 5.02 Å². The Morgan fingerprint density at radius 3 is 3.00 bits per heavy atom. The average molecular weight is 297 g/mol. The lowest BCUT2D eigenvalue weighted by Crippen LogP contribution is -2.45. The van der Waals surface area contributed by atoms with Crippen LogP contribution in [-0.4, -0.2) is 36.0 Å². The molecule has 0 saturated carbocycles. The first-order valence-corrected chi connectivity index (χ1v) is 7.34. The molecular weight excluding hydrogens is 276 g/mol. The second kappa shape index (κ2) is 6.46. The van der Waals surface area contributed by atoms with Gasteiger partial charge in [-0.15, -0.1) is 0 Å². The number of nitrogens with two attached hydrogens (primary N) is 1. The standard InChI is InChI=1S/C15H21ClN2O2/c1-10-8-13(5-6-14(10)16)20-11(2)15(19)18-7-3-4-12(18)9-17/h5-6,8,11-12H,3-4,7,9,17H2,1-2H3. The molecule has 2 N–H and O–H groups in total. The number of carbonyl (C=O) groups excluding carboxylic acids is 1. The smallest absolute Gasteiger partial charge is 0.263 e. The molecule has 0 aliphatic carbocycles. The maximum Gasteiger partial charge on any atom is 0.263 e. The van der Waals surface area contributed by atoms with Crippen LogP contribution in [-0.2, 0) is 4.79 Å². The molecule has 2 unspecified atom stereocenters. The summed E-state index contributed by atoms with van der Waals surface area (Å²) >= 11 is 5.98. The molecule has 0 spiro atoms. The second-order valence-corrected chi connectivity index (χ2v) is 5.64. The van der Waals surface area contributed by atoms with Gasteiger partial charge in [-0.25, -0.2) is 0 Å². The summed E-state index contributed by atoms with van der Waals surface area (Å²) in [5.41, 5.74) is 6.64. The van der Waals surface area contributed by atoms with Crippen molar-refractivity contribution in [1.29, 1.82) is 0 Å². The van der Waals surface area contributed by atoms with Crippen molar-refractivity contribution in [2.75, 3.05) is 13.1 Å². The lowest BCUT2D eigenvalue weighted by atomic mass is 10.2. The molecule has 1 aliphatic rings. The molecule has 5 heteroatoms. The number of halogens is 1. The molecule has 110 valence electrons. The van der Waals surface area contributed by atoms with E-state index in [1.54, 1.807) is 19.1 Å². The molecule has 1 aromatic carbocycles. The minimum absolute atomic E-state index is 0.00514. The second-order valence-electron chi connectivity index (χ2n) is 5.23. The van der Waals surface area contributed by atoms with Crippen molar-refractivity contribution in [2.24, 2.45) is 5.73 Å². The van der Waals surface area contributed by atoms with E-state index in [0.29, 0.717) is 17.3 Å². The van der Waals surface area contributed by atoms with Gasteiger partial charge in [-0.2, -0.15) is 0 Å². The highest BCUT2D eigenvalue weighted by molar-refractivity contribution is 6.31. The molecule has 1 aliphatic heterocycles. The van der Waals surface area contributed by atoms with Gasteiger partial charge < -0.3 is 15.4 Å². The first-order chi connectivity index (χ1) is 9.52. The quantitative estimate of drug-likeness (QED) is 0.928. The number of carbonyl (C=O) groups is 1. The fourth-order valence-electron chi connectivity index (χ4n) is 2.55. The van der Waals surface area contributed by atoms with Crippen LogP contribution >= 0.6 is 11.6 Å². The normalized spacial score (nSPS) is 20.0. The Morgan fingerprint density at radius 1 is 1.60 bits per heavy atom. The minimum Gasteiger partial charge on any atom is -0.481 e. The number of amides is 1. The Morgan fingerprint density at radius 2 is 2.35 bits per heavy atom. The van der Waals surface area contributed by atoms with Gasteiger partial charge in [-0.05, 0) is 50.5 Å². The molecule has 1 saturated heterocycles. The van der Waals surface area contributed by atoms with Gasteiger partial charge in [0, 0.05) is 24.2 Å². The maximum absolute atomic E-state index is 12.4. The molecule has 1 aromatic rings. The maximum atomic E-state index is 12.4. The van der Waals surface area contributed by atoms with E-state index < -0.39 is 6.10 Å². The van der Waals surface area contributed by atoms with Crippen molar-refractivity contribution in [3.8, 4) is 5.75 Å². The molecule has 20 heavy (non-hydrogen) atoms. The van der Waals surface area contributed by atoms with Crippen molar-refractivity contribution >= 4 is 17.5 Å². The first kappa shape index (κ1) is 15.1. The van der Waals surface area contributed by atoms with E-state index in [9.17, 15) is 4.79 Å². The lowest BCUT2D eigenvalue weighted by molar-refractivity contribution is -0.138. The lowest BCUT2D eigenvalue weighted by Gasteiger charge is -2.26. The van der Waals surface area contributed by atoms with Crippen molar-refractivity contribution in [3.05, 3.63) is 28.8 Å². The average Bonchev–Trinajstić information content (AvgIpc) is 2.90. The Balaban J connectivity index is 2.02. The van der Waals surface area contributed by atoms with E-state index in [-0.39, 0.29) is 11.9 Å². The van der Waals surface area contributed by atoms with Crippen molar-refractivity contribution in [1.82, 2.24) is 4.90 Å². The van der Waals surface area contributed by atoms with Crippen molar-refractivity contribution in [2.45, 2.75) is 38.8 Å². The van der Waals surface area contributed by atoms with E-state index >= 15 is 0 Å². The van der Waals surface area contributed by atoms with Crippen LogP contribution in [0.3, 0.4) is 0 Å². The molecule has 0 bridgehead atoms. The van der Waals surface area contributed by atoms with Gasteiger partial charge in [0.15, 0.2) is 6.10 Å². The largest absolute Gasteiger partial charge is 0.481 e. The predicted molar refractivity (Wildman–Crippen MR) is 80.1 cm³/mol. The molecule has 1 heterocycles. The summed E-state index contributed by atoms with van der Waals surface area (Å²) in [6.07, 6.45) is 1.48. The summed E-state index contributed by atoms with van der Waals surface area (Å²) < 4.78 is 5.73. The molecule has 0 radical (unpaired) electrons. The molecule has 2 rings (SSSR count). The molecule has 1 amide bonds. The Kier molecular flexibility index (Phi) is 4.89. The monoisotopic (exact) mass is 296 g/mol. The van der Waals surface area contributed by atoms with Crippen molar-refractivity contribution < 1.29 is 9.53 Å². The van der Waals surface area contributed by atoms with Gasteiger partial charge in [-0.3, -0.25) is 4.79 Å². The summed E-state index contributed by atoms with van der Waals surface area (Å²) in [6.45, 7) is 4.97. The van der Waals surface area contributed by atoms with Crippen LogP contribution < -0.4 is 10.5 Å². The van der Waals surface area contributed by atoms with E-state index in [1.807, 2.05) is 17.9 Å². The number of hydrogen-bond donors (Lipinski definition) is 1. The number of hydrogen-bond acceptors (Lipinski definition) is 3. The number of ether oxygens (including phenoxy) is 1. The van der Waals surface area contributed by atoms with Crippen LogP contribution in [0.5, 0.6) is 5.75 Å². The Bertz CT molecular complexity index is 493. The summed E-state index contributed by atoms with van der Waals surface area (Å²) in [6, 6.07) is 5.56. The van der Waals surface area contributed by atoms with Gasteiger partial charge in [0.1, 0.15) is 5.75 Å². The zero-order valence-electron chi connectivity index (χ0n) is 11.9. The zero-order valence-corrected chi connectivity index (χ0v) is 12.7. The topological polar surface area (TPSA) is 55.6 Å². The Labute approximate surface area is 124 Å². The number of benzene rings is 1. The van der Waals surface area contributed by atoms with Gasteiger partial charge in [0.2, 0.25) is 0 Å². The third kappa shape index (κ3) is 3.25. The predicted octanol–water partition coefficient (Wildman–Crippen LogP) is 2.37. The fraction of sp³-hybridized carbons (Fsp3) is 0.533. The Hall–Kier alpha value is -1.26. The third-order valence-corrected chi connectivity index (χ3v) is 4.15. The van der Waals surface area contributed by atoms with E-state index in [1.165, 1.54) is 0 Å². The van der Waals surface area contributed by atoms with Gasteiger partial charge >= 0.3 is 0 Å². The van der Waals surface area contributed by atoms with Gasteiger partial charge in [0.05, 0.1) is 0 Å². The minimum atomic E-state index is -0.511. The summed E-state index contributed by atoms with van der Waals surface area (Å²) in [4.78, 5) is 14.2. The zero-order chi connectivity index (χ0) is 14.7. The van der Waals surface area contributed by atoms with Crippen LogP contribution in [0.25, 0.3) is 0 Å².